The van der Waals surface area contributed by atoms with Crippen LogP contribution in [0.2, 0.25) is 15.1 Å². The number of benzene rings is 2. The first-order chi connectivity index (χ1) is 14.9. The van der Waals surface area contributed by atoms with E-state index < -0.39 is 28.5 Å². The average Bonchev–Trinajstić information content (AvgIpc) is 2.72. The van der Waals surface area contributed by atoms with Gasteiger partial charge in [-0.1, -0.05) is 40.9 Å². The molecule has 0 fully saturated rings. The summed E-state index contributed by atoms with van der Waals surface area (Å²) < 4.78 is 25.8. The number of nitrogens with zero attached hydrogens (tertiary/aromatic N) is 2. The van der Waals surface area contributed by atoms with Crippen LogP contribution < -0.4 is 9.62 Å². The van der Waals surface area contributed by atoms with Gasteiger partial charge in [-0.25, -0.2) is 8.42 Å². The molecule has 0 spiro atoms. The third-order valence-corrected chi connectivity index (χ3v) is 6.78. The zero-order valence-corrected chi connectivity index (χ0v) is 20.9. The molecule has 0 heterocycles. The van der Waals surface area contributed by atoms with Crippen molar-refractivity contribution in [2.75, 3.05) is 23.7 Å². The molecule has 0 aliphatic carbocycles. The van der Waals surface area contributed by atoms with Crippen molar-refractivity contribution >= 4 is 62.3 Å². The van der Waals surface area contributed by atoms with Crippen LogP contribution in [0, 0.1) is 0 Å². The summed E-state index contributed by atoms with van der Waals surface area (Å²) in [6.45, 7) is 3.27. The van der Waals surface area contributed by atoms with E-state index in [0.717, 1.165) is 10.6 Å². The maximum Gasteiger partial charge on any atom is 0.244 e. The van der Waals surface area contributed by atoms with Crippen molar-refractivity contribution in [1.29, 1.82) is 0 Å². The Morgan fingerprint density at radius 3 is 2.19 bits per heavy atom. The molecular weight excluding hydrogens is 497 g/mol. The van der Waals surface area contributed by atoms with Gasteiger partial charge in [0.15, 0.2) is 0 Å². The van der Waals surface area contributed by atoms with Gasteiger partial charge in [0.2, 0.25) is 21.8 Å². The Morgan fingerprint density at radius 1 is 1.03 bits per heavy atom. The minimum atomic E-state index is -3.80. The lowest BCUT2D eigenvalue weighted by Crippen LogP contribution is -2.51. The third kappa shape index (κ3) is 7.00. The molecule has 2 aromatic rings. The van der Waals surface area contributed by atoms with Crippen LogP contribution in [0.3, 0.4) is 0 Å². The number of sulfonamides is 1. The summed E-state index contributed by atoms with van der Waals surface area (Å²) in [7, 11) is -3.80. The SMILES string of the molecule is CCNC(=O)[C@@H](C)N(Cc1ccc(Cl)c(Cl)c1)C(=O)CN(c1ccc(Cl)cc1)S(C)(=O)=O. The van der Waals surface area contributed by atoms with Crippen LogP contribution in [0.5, 0.6) is 0 Å². The van der Waals surface area contributed by atoms with Crippen LogP contribution in [0.4, 0.5) is 5.69 Å². The zero-order valence-electron chi connectivity index (χ0n) is 17.8. The monoisotopic (exact) mass is 519 g/mol. The van der Waals surface area contributed by atoms with Crippen LogP contribution in [-0.2, 0) is 26.2 Å². The van der Waals surface area contributed by atoms with E-state index in [0.29, 0.717) is 27.2 Å². The molecule has 2 rings (SSSR count). The summed E-state index contributed by atoms with van der Waals surface area (Å²) in [5, 5.41) is 3.78. The highest BCUT2D eigenvalue weighted by Crippen LogP contribution is 2.25. The molecule has 174 valence electrons. The number of amides is 2. The molecule has 0 saturated heterocycles. The van der Waals surface area contributed by atoms with E-state index in [1.54, 1.807) is 32.0 Å². The van der Waals surface area contributed by atoms with Gasteiger partial charge in [-0.05, 0) is 55.8 Å². The van der Waals surface area contributed by atoms with Crippen molar-refractivity contribution in [3.63, 3.8) is 0 Å². The highest BCUT2D eigenvalue weighted by Gasteiger charge is 2.30. The van der Waals surface area contributed by atoms with Crippen molar-refractivity contribution in [2.45, 2.75) is 26.4 Å². The molecule has 1 atom stereocenters. The molecule has 2 amide bonds. The van der Waals surface area contributed by atoms with E-state index in [2.05, 4.69) is 5.32 Å². The van der Waals surface area contributed by atoms with Gasteiger partial charge < -0.3 is 10.2 Å². The molecular formula is C21H24Cl3N3O4S. The maximum absolute atomic E-state index is 13.3. The molecule has 0 radical (unpaired) electrons. The summed E-state index contributed by atoms with van der Waals surface area (Å²) in [5.74, 6) is -0.923. The molecule has 32 heavy (non-hydrogen) atoms. The molecule has 0 aliphatic heterocycles. The minimum absolute atomic E-state index is 0.0340. The van der Waals surface area contributed by atoms with E-state index in [4.69, 9.17) is 34.8 Å². The zero-order chi connectivity index (χ0) is 24.1. The lowest BCUT2D eigenvalue weighted by atomic mass is 10.1. The molecule has 7 nitrogen and oxygen atoms in total. The topological polar surface area (TPSA) is 86.8 Å². The highest BCUT2D eigenvalue weighted by atomic mass is 35.5. The maximum atomic E-state index is 13.3. The number of hydrogen-bond donors (Lipinski definition) is 1. The quantitative estimate of drug-likeness (QED) is 0.542. The normalized spacial score (nSPS) is 12.2. The predicted molar refractivity (Wildman–Crippen MR) is 129 cm³/mol. The van der Waals surface area contributed by atoms with Gasteiger partial charge in [0.05, 0.1) is 22.0 Å². The van der Waals surface area contributed by atoms with Gasteiger partial charge in [-0.2, -0.15) is 0 Å². The number of carbonyl (C=O) groups is 2. The Bertz CT molecular complexity index is 1080. The Kier molecular flexibility index (Phi) is 9.21. The Labute approximate surface area is 203 Å². The number of hydrogen-bond acceptors (Lipinski definition) is 4. The Balaban J connectivity index is 2.39. The van der Waals surface area contributed by atoms with Gasteiger partial charge in [-0.3, -0.25) is 13.9 Å². The fourth-order valence-corrected chi connectivity index (χ4v) is 4.26. The predicted octanol–water partition coefficient (Wildman–Crippen LogP) is 3.97. The van der Waals surface area contributed by atoms with Crippen LogP contribution in [0.25, 0.3) is 0 Å². The van der Waals surface area contributed by atoms with Crippen LogP contribution in [0.15, 0.2) is 42.5 Å². The lowest BCUT2D eigenvalue weighted by molar-refractivity contribution is -0.139. The Hall–Kier alpha value is -2.00. The van der Waals surface area contributed by atoms with E-state index in [1.807, 2.05) is 0 Å². The first kappa shape index (κ1) is 26.3. The van der Waals surface area contributed by atoms with E-state index in [9.17, 15) is 18.0 Å². The molecule has 0 aliphatic rings. The number of anilines is 1. The molecule has 11 heteroatoms. The van der Waals surface area contributed by atoms with Crippen molar-refractivity contribution in [3.8, 4) is 0 Å². The van der Waals surface area contributed by atoms with Gasteiger partial charge in [-0.15, -0.1) is 0 Å². The summed E-state index contributed by atoms with van der Waals surface area (Å²) >= 11 is 18.0. The molecule has 1 N–H and O–H groups in total. The number of likely N-dealkylation sites (N-methyl/N-ethyl adjacent to an activating group) is 1. The largest absolute Gasteiger partial charge is 0.355 e. The van der Waals surface area contributed by atoms with Gasteiger partial charge in [0.1, 0.15) is 12.6 Å². The van der Waals surface area contributed by atoms with Crippen LogP contribution >= 0.6 is 34.8 Å². The Morgan fingerprint density at radius 2 is 1.66 bits per heavy atom. The van der Waals surface area contributed by atoms with Crippen molar-refractivity contribution in [3.05, 3.63) is 63.1 Å². The van der Waals surface area contributed by atoms with Gasteiger partial charge in [0, 0.05) is 18.1 Å². The summed E-state index contributed by atoms with van der Waals surface area (Å²) in [6, 6.07) is 10.1. The second kappa shape index (κ2) is 11.2. The van der Waals surface area contributed by atoms with E-state index in [-0.39, 0.29) is 18.1 Å². The average molecular weight is 521 g/mol. The standard InChI is InChI=1S/C21H24Cl3N3O4S/c1-4-25-21(29)14(2)26(12-15-5-10-18(23)19(24)11-15)20(28)13-27(32(3,30)31)17-8-6-16(22)7-9-17/h5-11,14H,4,12-13H2,1-3H3,(H,25,29)/t14-/m1/s1. The first-order valence-electron chi connectivity index (χ1n) is 9.68. The van der Waals surface area contributed by atoms with Gasteiger partial charge in [0.25, 0.3) is 0 Å². The van der Waals surface area contributed by atoms with Crippen molar-refractivity contribution < 1.29 is 18.0 Å². The van der Waals surface area contributed by atoms with E-state index >= 15 is 0 Å². The second-order valence-electron chi connectivity index (χ2n) is 7.09. The molecule has 0 aromatic heterocycles. The number of rotatable bonds is 9. The fraction of sp³-hybridized carbons (Fsp3) is 0.333. The summed E-state index contributed by atoms with van der Waals surface area (Å²) in [6.07, 6.45) is 1.01. The molecule has 0 saturated carbocycles. The fourth-order valence-electron chi connectivity index (χ4n) is 2.96. The van der Waals surface area contributed by atoms with Gasteiger partial charge >= 0.3 is 0 Å². The summed E-state index contributed by atoms with van der Waals surface area (Å²) in [5.41, 5.74) is 0.923. The van der Waals surface area contributed by atoms with Crippen LogP contribution in [-0.4, -0.2) is 50.5 Å². The highest BCUT2D eigenvalue weighted by molar-refractivity contribution is 7.92. The molecule has 2 aromatic carbocycles. The minimum Gasteiger partial charge on any atom is -0.355 e. The number of nitrogens with one attached hydrogen (secondary N) is 1. The summed E-state index contributed by atoms with van der Waals surface area (Å²) in [4.78, 5) is 27.1. The first-order valence-corrected chi connectivity index (χ1v) is 12.7. The van der Waals surface area contributed by atoms with Crippen LogP contribution in [0.1, 0.15) is 19.4 Å². The van der Waals surface area contributed by atoms with E-state index in [1.165, 1.54) is 29.2 Å². The van der Waals surface area contributed by atoms with Crippen molar-refractivity contribution in [1.82, 2.24) is 10.2 Å². The lowest BCUT2D eigenvalue weighted by Gasteiger charge is -2.31. The number of halogens is 3. The second-order valence-corrected chi connectivity index (χ2v) is 10.2. The van der Waals surface area contributed by atoms with Crippen molar-refractivity contribution in [2.24, 2.45) is 0 Å². The number of carbonyl (C=O) groups excluding carboxylic acids is 2. The molecule has 0 bridgehead atoms. The third-order valence-electron chi connectivity index (χ3n) is 4.65. The smallest absolute Gasteiger partial charge is 0.244 e. The molecule has 0 unspecified atom stereocenters.